The largest absolute Gasteiger partial charge is 0.323 e. The third-order valence-electron chi connectivity index (χ3n) is 2.33. The van der Waals surface area contributed by atoms with Crippen molar-refractivity contribution in [3.8, 4) is 0 Å². The topological polar surface area (TPSA) is 76.1 Å². The number of rotatable bonds is 3. The fourth-order valence-corrected chi connectivity index (χ4v) is 2.13. The second-order valence-electron chi connectivity index (χ2n) is 3.89. The van der Waals surface area contributed by atoms with E-state index in [2.05, 4.69) is 10.3 Å². The molecule has 1 aliphatic rings. The van der Waals surface area contributed by atoms with Crippen LogP contribution in [-0.2, 0) is 14.6 Å². The number of nitrogens with one attached hydrogen (secondary N) is 1. The summed E-state index contributed by atoms with van der Waals surface area (Å²) >= 11 is 0. The Bertz CT molecular complexity index is 521. The molecule has 1 N–H and O–H groups in total. The Morgan fingerprint density at radius 1 is 1.50 bits per heavy atom. The Morgan fingerprint density at radius 3 is 2.75 bits per heavy atom. The monoisotopic (exact) mass is 240 g/mol. The summed E-state index contributed by atoms with van der Waals surface area (Å²) in [5.41, 5.74) is 0.266. The van der Waals surface area contributed by atoms with Crippen LogP contribution in [0.2, 0.25) is 0 Å². The Hall–Kier alpha value is -1.43. The van der Waals surface area contributed by atoms with Gasteiger partial charge >= 0.3 is 0 Å². The highest BCUT2D eigenvalue weighted by molar-refractivity contribution is 7.90. The molecule has 1 heterocycles. The fourth-order valence-electron chi connectivity index (χ4n) is 1.36. The molecule has 1 amide bonds. The molecule has 0 atom stereocenters. The molecule has 1 aromatic heterocycles. The van der Waals surface area contributed by atoms with Gasteiger partial charge in [-0.3, -0.25) is 4.79 Å². The van der Waals surface area contributed by atoms with E-state index >= 15 is 0 Å². The lowest BCUT2D eigenvalue weighted by Gasteiger charge is -2.07. The van der Waals surface area contributed by atoms with Crippen LogP contribution < -0.4 is 5.32 Å². The SMILES string of the molecule is CS(=O)(=O)c1ncccc1NC(=O)C1CC1. The minimum absolute atomic E-state index is 0.0348. The molecule has 16 heavy (non-hydrogen) atoms. The predicted molar refractivity (Wildman–Crippen MR) is 58.7 cm³/mol. The number of nitrogens with zero attached hydrogens (tertiary/aromatic N) is 1. The zero-order valence-electron chi connectivity index (χ0n) is 8.80. The number of hydrogen-bond donors (Lipinski definition) is 1. The van der Waals surface area contributed by atoms with Gasteiger partial charge in [-0.15, -0.1) is 0 Å². The molecule has 0 radical (unpaired) electrons. The summed E-state index contributed by atoms with van der Waals surface area (Å²) in [4.78, 5) is 15.3. The van der Waals surface area contributed by atoms with E-state index in [1.807, 2.05) is 0 Å². The van der Waals surface area contributed by atoms with Gasteiger partial charge in [-0.05, 0) is 25.0 Å². The second-order valence-corrected chi connectivity index (χ2v) is 5.82. The van der Waals surface area contributed by atoms with Gasteiger partial charge in [0, 0.05) is 18.4 Å². The second kappa shape index (κ2) is 3.86. The van der Waals surface area contributed by atoms with Crippen LogP contribution in [0.4, 0.5) is 5.69 Å². The number of aromatic nitrogens is 1. The molecule has 6 heteroatoms. The lowest BCUT2D eigenvalue weighted by atomic mass is 10.3. The average molecular weight is 240 g/mol. The number of carbonyl (C=O) groups is 1. The predicted octanol–water partition coefficient (Wildman–Crippen LogP) is 0.834. The number of sulfone groups is 1. The molecule has 5 nitrogen and oxygen atoms in total. The number of hydrogen-bond acceptors (Lipinski definition) is 4. The molecule has 0 aromatic carbocycles. The van der Waals surface area contributed by atoms with Crippen molar-refractivity contribution in [1.82, 2.24) is 4.98 Å². The molecule has 1 fully saturated rings. The molecular formula is C10H12N2O3S. The van der Waals surface area contributed by atoms with E-state index in [0.717, 1.165) is 19.1 Å². The van der Waals surface area contributed by atoms with Gasteiger partial charge in [0.15, 0.2) is 14.9 Å². The van der Waals surface area contributed by atoms with E-state index in [4.69, 9.17) is 0 Å². The quantitative estimate of drug-likeness (QED) is 0.849. The van der Waals surface area contributed by atoms with E-state index in [-0.39, 0.29) is 22.5 Å². The molecule has 1 saturated carbocycles. The molecule has 0 aliphatic heterocycles. The van der Waals surface area contributed by atoms with E-state index in [1.165, 1.54) is 6.20 Å². The van der Waals surface area contributed by atoms with Crippen molar-refractivity contribution < 1.29 is 13.2 Å². The van der Waals surface area contributed by atoms with Crippen molar-refractivity contribution >= 4 is 21.4 Å². The zero-order chi connectivity index (χ0) is 11.8. The first-order valence-corrected chi connectivity index (χ1v) is 6.83. The van der Waals surface area contributed by atoms with Crippen LogP contribution in [-0.4, -0.2) is 25.6 Å². The average Bonchev–Trinajstić information content (AvgIpc) is 2.99. The standard InChI is InChI=1S/C10H12N2O3S/c1-16(14,15)10-8(3-2-6-11-10)12-9(13)7-4-5-7/h2-3,6-7H,4-5H2,1H3,(H,12,13). The zero-order valence-corrected chi connectivity index (χ0v) is 9.62. The summed E-state index contributed by atoms with van der Waals surface area (Å²) < 4.78 is 22.8. The highest BCUT2D eigenvalue weighted by atomic mass is 32.2. The number of carbonyl (C=O) groups excluding carboxylic acids is 1. The maximum Gasteiger partial charge on any atom is 0.227 e. The lowest BCUT2D eigenvalue weighted by molar-refractivity contribution is -0.117. The van der Waals surface area contributed by atoms with Crippen LogP contribution in [0, 0.1) is 5.92 Å². The Balaban J connectivity index is 2.29. The van der Waals surface area contributed by atoms with Gasteiger partial charge in [-0.2, -0.15) is 0 Å². The molecule has 0 spiro atoms. The first kappa shape index (κ1) is 11.1. The number of anilines is 1. The summed E-state index contributed by atoms with van der Waals surface area (Å²) in [6.07, 6.45) is 4.21. The van der Waals surface area contributed by atoms with Gasteiger partial charge in [0.05, 0.1) is 5.69 Å². The van der Waals surface area contributed by atoms with Gasteiger partial charge in [0.2, 0.25) is 5.91 Å². The first-order valence-electron chi connectivity index (χ1n) is 4.94. The summed E-state index contributed by atoms with van der Waals surface area (Å²) in [6, 6.07) is 3.14. The molecule has 1 aliphatic carbocycles. The van der Waals surface area contributed by atoms with E-state index < -0.39 is 9.84 Å². The van der Waals surface area contributed by atoms with Crippen LogP contribution in [0.1, 0.15) is 12.8 Å². The maximum absolute atomic E-state index is 11.5. The van der Waals surface area contributed by atoms with Gasteiger partial charge in [0.1, 0.15) is 0 Å². The number of pyridine rings is 1. The molecule has 2 rings (SSSR count). The third kappa shape index (κ3) is 2.38. The Labute approximate surface area is 93.8 Å². The smallest absolute Gasteiger partial charge is 0.227 e. The molecule has 0 bridgehead atoms. The maximum atomic E-state index is 11.5. The van der Waals surface area contributed by atoms with Gasteiger partial charge in [-0.1, -0.05) is 0 Å². The summed E-state index contributed by atoms with van der Waals surface area (Å²) in [7, 11) is -3.41. The van der Waals surface area contributed by atoms with Crippen molar-refractivity contribution in [2.45, 2.75) is 17.9 Å². The molecule has 1 aromatic rings. The van der Waals surface area contributed by atoms with Gasteiger partial charge < -0.3 is 5.32 Å². The highest BCUT2D eigenvalue weighted by Crippen LogP contribution is 2.30. The molecule has 0 unspecified atom stereocenters. The molecule has 0 saturated heterocycles. The third-order valence-corrected chi connectivity index (χ3v) is 3.36. The molecular weight excluding hydrogens is 228 g/mol. The van der Waals surface area contributed by atoms with Gasteiger partial charge in [0.25, 0.3) is 0 Å². The van der Waals surface area contributed by atoms with Crippen molar-refractivity contribution in [3.05, 3.63) is 18.3 Å². The van der Waals surface area contributed by atoms with Crippen LogP contribution in [0.25, 0.3) is 0 Å². The number of amides is 1. The van der Waals surface area contributed by atoms with E-state index in [9.17, 15) is 13.2 Å². The first-order chi connectivity index (χ1) is 7.48. The highest BCUT2D eigenvalue weighted by Gasteiger charge is 2.30. The summed E-state index contributed by atoms with van der Waals surface area (Å²) in [5, 5.41) is 2.52. The fraction of sp³-hybridized carbons (Fsp3) is 0.400. The van der Waals surface area contributed by atoms with Crippen molar-refractivity contribution in [1.29, 1.82) is 0 Å². The van der Waals surface area contributed by atoms with Gasteiger partial charge in [-0.25, -0.2) is 13.4 Å². The normalized spacial score (nSPS) is 15.8. The van der Waals surface area contributed by atoms with Crippen LogP contribution >= 0.6 is 0 Å². The Kier molecular flexibility index (Phi) is 2.67. The van der Waals surface area contributed by atoms with Crippen LogP contribution in [0.5, 0.6) is 0 Å². The lowest BCUT2D eigenvalue weighted by Crippen LogP contribution is -2.16. The van der Waals surface area contributed by atoms with E-state index in [1.54, 1.807) is 12.1 Å². The minimum atomic E-state index is -3.41. The Morgan fingerprint density at radius 2 is 2.19 bits per heavy atom. The molecule has 86 valence electrons. The van der Waals surface area contributed by atoms with Crippen molar-refractivity contribution in [2.24, 2.45) is 5.92 Å². The van der Waals surface area contributed by atoms with Crippen molar-refractivity contribution in [2.75, 3.05) is 11.6 Å². The van der Waals surface area contributed by atoms with E-state index in [0.29, 0.717) is 0 Å². The van der Waals surface area contributed by atoms with Crippen LogP contribution in [0.3, 0.4) is 0 Å². The van der Waals surface area contributed by atoms with Crippen LogP contribution in [0.15, 0.2) is 23.4 Å². The summed E-state index contributed by atoms with van der Waals surface area (Å²) in [6.45, 7) is 0. The van der Waals surface area contributed by atoms with Crippen molar-refractivity contribution in [3.63, 3.8) is 0 Å². The minimum Gasteiger partial charge on any atom is -0.323 e. The summed E-state index contributed by atoms with van der Waals surface area (Å²) in [5.74, 6) is -0.0921.